The van der Waals surface area contributed by atoms with Gasteiger partial charge in [0.15, 0.2) is 0 Å². The monoisotopic (exact) mass is 657 g/mol. The molecule has 5 aromatic carbocycles. The fraction of sp³-hybridized carbons (Fsp3) is 0.239. The minimum Gasteiger partial charge on any atom is -0.347 e. The summed E-state index contributed by atoms with van der Waals surface area (Å²) in [6.07, 6.45) is 13.0. The second-order valence-electron chi connectivity index (χ2n) is 14.8. The third kappa shape index (κ3) is 5.18. The summed E-state index contributed by atoms with van der Waals surface area (Å²) in [6.45, 7) is 9.54. The van der Waals surface area contributed by atoms with Crippen molar-refractivity contribution in [1.29, 1.82) is 0 Å². The third-order valence-corrected chi connectivity index (χ3v) is 12.3. The van der Waals surface area contributed by atoms with Crippen LogP contribution < -0.4 is 9.80 Å². The van der Waals surface area contributed by atoms with Crippen LogP contribution in [0.25, 0.3) is 21.5 Å². The second-order valence-corrected chi connectivity index (χ2v) is 15.9. The zero-order chi connectivity index (χ0) is 33.9. The standard InChI is InChI=1S/C46H45N2S/c1-45(2)40(47(5)38-27-23-31-15-10-12-21-36(31)42(38)45)29-25-33-17-14-18-34(44(33)49-35-19-8-7-9-20-35)26-30-41-46(3,4)43-37-22-13-11-16-32(37)24-28-39(43)48(41)6/h7-13,15-16,19-30H,14,17-18H2,1-6H3/q+1/b33-25+,34-26+,40-29-,41-30?. The molecule has 0 spiro atoms. The van der Waals surface area contributed by atoms with Crippen molar-refractivity contribution in [1.82, 2.24) is 0 Å². The predicted octanol–water partition coefficient (Wildman–Crippen LogP) is 11.3. The normalized spacial score (nSPS) is 22.3. The number of rotatable bonds is 3. The Bertz CT molecular complexity index is 2140. The highest BCUT2D eigenvalue weighted by Gasteiger charge is 2.41. The van der Waals surface area contributed by atoms with Gasteiger partial charge in [-0.2, -0.15) is 0 Å². The molecule has 0 amide bonds. The van der Waals surface area contributed by atoms with Gasteiger partial charge in [0.1, 0.15) is 0 Å². The van der Waals surface area contributed by atoms with Crippen molar-refractivity contribution in [3.05, 3.63) is 161 Å². The quantitative estimate of drug-likeness (QED) is 0.108. The van der Waals surface area contributed by atoms with Crippen molar-refractivity contribution in [3.63, 3.8) is 0 Å². The molecule has 1 aliphatic carbocycles. The summed E-state index contributed by atoms with van der Waals surface area (Å²) >= 11 is 1.92. The summed E-state index contributed by atoms with van der Waals surface area (Å²) in [5, 5.41) is 5.32. The van der Waals surface area contributed by atoms with Gasteiger partial charge < -0.3 is 9.80 Å². The summed E-state index contributed by atoms with van der Waals surface area (Å²) in [6, 6.07) is 37.7. The molecule has 0 unspecified atom stereocenters. The average Bonchev–Trinajstić information content (AvgIpc) is 3.44. The number of fused-ring (bicyclic) bond motifs is 6. The Morgan fingerprint density at radius 1 is 0.531 bits per heavy atom. The molecule has 2 aliphatic heterocycles. The van der Waals surface area contributed by atoms with Crippen LogP contribution in [0, 0.1) is 0 Å². The molecule has 1 saturated carbocycles. The maximum Gasteiger partial charge on any atom is 0.237 e. The van der Waals surface area contributed by atoms with E-state index >= 15 is 0 Å². The van der Waals surface area contributed by atoms with Crippen molar-refractivity contribution in [2.24, 2.45) is 0 Å². The van der Waals surface area contributed by atoms with Crippen molar-refractivity contribution < 1.29 is 0 Å². The van der Waals surface area contributed by atoms with Crippen LogP contribution in [0.2, 0.25) is 0 Å². The van der Waals surface area contributed by atoms with Crippen LogP contribution in [0.15, 0.2) is 155 Å². The number of hydrogen-bond acceptors (Lipinski definition) is 2. The Morgan fingerprint density at radius 3 is 1.47 bits per heavy atom. The summed E-state index contributed by atoms with van der Waals surface area (Å²) in [5.41, 5.74) is 10.8. The van der Waals surface area contributed by atoms with Crippen molar-refractivity contribution >= 4 is 49.1 Å². The molecule has 0 atom stereocenters. The molecule has 2 heterocycles. The van der Waals surface area contributed by atoms with E-state index < -0.39 is 0 Å². The molecular weight excluding hydrogens is 613 g/mol. The molecule has 3 aliphatic rings. The summed E-state index contributed by atoms with van der Waals surface area (Å²) in [7, 11) is 4.46. The van der Waals surface area contributed by atoms with Gasteiger partial charge in [-0.3, -0.25) is 0 Å². The molecule has 2 nitrogen and oxygen atoms in total. The first kappa shape index (κ1) is 31.5. The maximum atomic E-state index is 2.43. The fourth-order valence-corrected chi connectivity index (χ4v) is 9.84. The lowest BCUT2D eigenvalue weighted by Crippen LogP contribution is -2.23. The smallest absolute Gasteiger partial charge is 0.237 e. The average molecular weight is 658 g/mol. The summed E-state index contributed by atoms with van der Waals surface area (Å²) in [4.78, 5) is 7.50. The lowest BCUT2D eigenvalue weighted by Gasteiger charge is -2.25. The SMILES string of the molecule is CN1C(=C/C=C2\CCC/C(=C\C=C3/N(C)c4ccc5ccccc5c4C3(C)C)C2=[S+]c2ccccc2)C(C)(C)c2c1ccc1ccccc21. The molecule has 1 fully saturated rings. The van der Waals surface area contributed by atoms with Gasteiger partial charge in [0.25, 0.3) is 0 Å². The number of allylic oxidation sites excluding steroid dienone is 8. The molecule has 0 N–H and O–H groups in total. The summed E-state index contributed by atoms with van der Waals surface area (Å²) < 4.78 is 0. The highest BCUT2D eigenvalue weighted by atomic mass is 32.1. The first-order valence-electron chi connectivity index (χ1n) is 17.6. The Morgan fingerprint density at radius 2 is 0.980 bits per heavy atom. The maximum absolute atomic E-state index is 2.43. The molecule has 5 aromatic rings. The minimum atomic E-state index is -0.107. The predicted molar refractivity (Wildman–Crippen MR) is 214 cm³/mol. The van der Waals surface area contributed by atoms with E-state index in [-0.39, 0.29) is 10.8 Å². The molecular formula is C46H45N2S+. The van der Waals surface area contributed by atoms with Crippen LogP contribution in [0.5, 0.6) is 0 Å². The van der Waals surface area contributed by atoms with Crippen molar-refractivity contribution in [2.45, 2.75) is 62.7 Å². The van der Waals surface area contributed by atoms with E-state index in [2.05, 4.69) is 179 Å². The third-order valence-electron chi connectivity index (χ3n) is 11.1. The lowest BCUT2D eigenvalue weighted by molar-refractivity contribution is 0.645. The van der Waals surface area contributed by atoms with Crippen molar-refractivity contribution in [3.8, 4) is 0 Å². The van der Waals surface area contributed by atoms with Gasteiger partial charge in [-0.15, -0.1) is 0 Å². The van der Waals surface area contributed by atoms with E-state index in [1.807, 2.05) is 11.4 Å². The van der Waals surface area contributed by atoms with Crippen LogP contribution in [0.3, 0.4) is 0 Å². The highest BCUT2D eigenvalue weighted by molar-refractivity contribution is 7.79. The van der Waals surface area contributed by atoms with E-state index in [0.717, 1.165) is 19.3 Å². The summed E-state index contributed by atoms with van der Waals surface area (Å²) in [5.74, 6) is 0. The Balaban J connectivity index is 1.21. The first-order valence-corrected chi connectivity index (χ1v) is 18.4. The molecule has 49 heavy (non-hydrogen) atoms. The zero-order valence-corrected chi connectivity index (χ0v) is 30.4. The van der Waals surface area contributed by atoms with Crippen molar-refractivity contribution in [2.75, 3.05) is 23.9 Å². The second kappa shape index (κ2) is 12.0. The minimum absolute atomic E-state index is 0.107. The Kier molecular flexibility index (Phi) is 7.72. The molecule has 3 heteroatoms. The topological polar surface area (TPSA) is 6.48 Å². The first-order chi connectivity index (χ1) is 23.7. The van der Waals surface area contributed by atoms with E-state index in [0.29, 0.717) is 0 Å². The molecule has 244 valence electrons. The van der Waals surface area contributed by atoms with Gasteiger partial charge in [0.2, 0.25) is 21.1 Å². The number of likely N-dealkylation sites (N-methyl/N-ethyl adjacent to an activating group) is 2. The van der Waals surface area contributed by atoms with Crippen LogP contribution in [0.1, 0.15) is 58.1 Å². The zero-order valence-electron chi connectivity index (χ0n) is 29.5. The largest absolute Gasteiger partial charge is 0.347 e. The van der Waals surface area contributed by atoms with Crippen LogP contribution in [-0.2, 0) is 22.2 Å². The Labute approximate surface area is 295 Å². The molecule has 0 bridgehead atoms. The van der Waals surface area contributed by atoms with Gasteiger partial charge in [0, 0.05) is 71.0 Å². The van der Waals surface area contributed by atoms with Crippen LogP contribution >= 0.6 is 0 Å². The molecule has 0 aromatic heterocycles. The highest BCUT2D eigenvalue weighted by Crippen LogP contribution is 2.51. The Hall–Kier alpha value is -4.73. The molecule has 0 radical (unpaired) electrons. The number of benzene rings is 5. The molecule has 0 saturated heterocycles. The molecule has 8 rings (SSSR count). The van der Waals surface area contributed by atoms with E-state index in [1.54, 1.807) is 0 Å². The lowest BCUT2D eigenvalue weighted by atomic mass is 9.80. The van der Waals surface area contributed by atoms with E-state index in [4.69, 9.17) is 0 Å². The number of anilines is 2. The number of nitrogens with zero attached hydrogens (tertiary/aromatic N) is 2. The van der Waals surface area contributed by atoms with Gasteiger partial charge in [-0.05, 0) is 76.2 Å². The van der Waals surface area contributed by atoms with E-state index in [1.165, 1.54) is 76.3 Å². The van der Waals surface area contributed by atoms with Gasteiger partial charge in [0.05, 0.1) is 0 Å². The van der Waals surface area contributed by atoms with Gasteiger partial charge in [-0.1, -0.05) is 119 Å². The van der Waals surface area contributed by atoms with Crippen LogP contribution in [0.4, 0.5) is 11.4 Å². The number of hydrogen-bond donors (Lipinski definition) is 0. The van der Waals surface area contributed by atoms with E-state index in [9.17, 15) is 0 Å². The van der Waals surface area contributed by atoms with Gasteiger partial charge in [-0.25, -0.2) is 0 Å². The fourth-order valence-electron chi connectivity index (χ4n) is 8.70. The van der Waals surface area contributed by atoms with Crippen LogP contribution in [-0.4, -0.2) is 19.0 Å². The van der Waals surface area contributed by atoms with Gasteiger partial charge >= 0.3 is 0 Å².